The zero-order valence-corrected chi connectivity index (χ0v) is 10.3. The third kappa shape index (κ3) is 2.26. The molecule has 0 aromatic carbocycles. The molecule has 0 N–H and O–H groups in total. The number of carbonyl (C=O) groups is 1. The molecular formula is C12H21N3O2. The normalized spacial score (nSPS) is 30.5. The van der Waals surface area contributed by atoms with Crippen molar-refractivity contribution >= 4 is 6.03 Å². The number of hydrogen-bond donors (Lipinski definition) is 0. The molecule has 3 heterocycles. The molecule has 5 heteroatoms. The minimum atomic E-state index is 0.222. The molecule has 0 aromatic rings. The number of piperazine rings is 1. The van der Waals surface area contributed by atoms with Crippen LogP contribution in [-0.2, 0) is 4.74 Å². The summed E-state index contributed by atoms with van der Waals surface area (Å²) >= 11 is 0. The van der Waals surface area contributed by atoms with Crippen LogP contribution >= 0.6 is 0 Å². The van der Waals surface area contributed by atoms with E-state index in [2.05, 4.69) is 4.90 Å². The monoisotopic (exact) mass is 239 g/mol. The molecule has 0 aliphatic carbocycles. The van der Waals surface area contributed by atoms with Gasteiger partial charge in [0.15, 0.2) is 0 Å². The maximum Gasteiger partial charge on any atom is 0.320 e. The SMILES string of the molecule is O=C(N1CCOCC1)N1CCN2CCCC2C1. The summed E-state index contributed by atoms with van der Waals surface area (Å²) in [6, 6.07) is 0.841. The summed E-state index contributed by atoms with van der Waals surface area (Å²) in [7, 11) is 0. The molecule has 17 heavy (non-hydrogen) atoms. The quantitative estimate of drug-likeness (QED) is 0.606. The standard InChI is InChI=1S/C12H21N3O2/c16-12(14-6-8-17-9-7-14)15-5-4-13-3-1-2-11(13)10-15/h11H,1-10H2. The molecule has 3 aliphatic heterocycles. The molecule has 0 bridgehead atoms. The first-order valence-electron chi connectivity index (χ1n) is 6.70. The van der Waals surface area contributed by atoms with Gasteiger partial charge in [0.25, 0.3) is 0 Å². The van der Waals surface area contributed by atoms with Gasteiger partial charge in [-0.1, -0.05) is 0 Å². The van der Waals surface area contributed by atoms with Gasteiger partial charge < -0.3 is 14.5 Å². The van der Waals surface area contributed by atoms with Gasteiger partial charge in [0.1, 0.15) is 0 Å². The highest BCUT2D eigenvalue weighted by atomic mass is 16.5. The molecule has 5 nitrogen and oxygen atoms in total. The van der Waals surface area contributed by atoms with E-state index in [0.717, 1.165) is 32.7 Å². The fourth-order valence-electron chi connectivity index (χ4n) is 3.12. The number of urea groups is 1. The fourth-order valence-corrected chi connectivity index (χ4v) is 3.12. The molecule has 3 saturated heterocycles. The minimum Gasteiger partial charge on any atom is -0.378 e. The zero-order valence-electron chi connectivity index (χ0n) is 10.3. The van der Waals surface area contributed by atoms with Crippen LogP contribution in [0, 0.1) is 0 Å². The molecular weight excluding hydrogens is 218 g/mol. The molecule has 0 aromatic heterocycles. The molecule has 0 saturated carbocycles. The highest BCUT2D eigenvalue weighted by Crippen LogP contribution is 2.22. The fraction of sp³-hybridized carbons (Fsp3) is 0.917. The molecule has 96 valence electrons. The molecule has 3 rings (SSSR count). The first kappa shape index (κ1) is 11.3. The minimum absolute atomic E-state index is 0.222. The van der Waals surface area contributed by atoms with Gasteiger partial charge in [0.05, 0.1) is 13.2 Å². The van der Waals surface area contributed by atoms with Crippen molar-refractivity contribution in [2.75, 3.05) is 52.5 Å². The summed E-state index contributed by atoms with van der Waals surface area (Å²) in [6.07, 6.45) is 2.55. The first-order chi connectivity index (χ1) is 8.34. The average molecular weight is 239 g/mol. The summed E-state index contributed by atoms with van der Waals surface area (Å²) in [4.78, 5) is 18.8. The molecule has 0 spiro atoms. The van der Waals surface area contributed by atoms with Crippen LogP contribution in [-0.4, -0.2) is 79.3 Å². The van der Waals surface area contributed by atoms with Crippen molar-refractivity contribution in [3.8, 4) is 0 Å². The Labute approximate surface area is 102 Å². The summed E-state index contributed by atoms with van der Waals surface area (Å²) in [5.41, 5.74) is 0. The molecule has 3 fully saturated rings. The maximum atomic E-state index is 12.3. The van der Waals surface area contributed by atoms with E-state index in [1.807, 2.05) is 9.80 Å². The van der Waals surface area contributed by atoms with E-state index in [1.54, 1.807) is 0 Å². The van der Waals surface area contributed by atoms with Gasteiger partial charge in [-0.25, -0.2) is 4.79 Å². The van der Waals surface area contributed by atoms with Gasteiger partial charge in [0.2, 0.25) is 0 Å². The first-order valence-corrected chi connectivity index (χ1v) is 6.70. The summed E-state index contributed by atoms with van der Waals surface area (Å²) in [5, 5.41) is 0. The van der Waals surface area contributed by atoms with Crippen LogP contribution in [0.4, 0.5) is 4.79 Å². The number of amides is 2. The van der Waals surface area contributed by atoms with Gasteiger partial charge in [-0.15, -0.1) is 0 Å². The topological polar surface area (TPSA) is 36.0 Å². The Morgan fingerprint density at radius 2 is 1.82 bits per heavy atom. The molecule has 3 aliphatic rings. The number of fused-ring (bicyclic) bond motifs is 1. The number of carbonyl (C=O) groups excluding carboxylic acids is 1. The zero-order chi connectivity index (χ0) is 11.7. The van der Waals surface area contributed by atoms with E-state index in [9.17, 15) is 4.79 Å². The van der Waals surface area contributed by atoms with E-state index in [0.29, 0.717) is 19.3 Å². The highest BCUT2D eigenvalue weighted by Gasteiger charge is 2.34. The lowest BCUT2D eigenvalue weighted by atomic mass is 10.1. The lowest BCUT2D eigenvalue weighted by Crippen LogP contribution is -2.56. The lowest BCUT2D eigenvalue weighted by Gasteiger charge is -2.40. The summed E-state index contributed by atoms with van der Waals surface area (Å²) in [5.74, 6) is 0. The van der Waals surface area contributed by atoms with Crippen LogP contribution in [0.3, 0.4) is 0 Å². The summed E-state index contributed by atoms with van der Waals surface area (Å²) in [6.45, 7) is 6.99. The van der Waals surface area contributed by atoms with E-state index in [1.165, 1.54) is 19.4 Å². The van der Waals surface area contributed by atoms with Gasteiger partial charge in [-0.2, -0.15) is 0 Å². The van der Waals surface area contributed by atoms with Crippen molar-refractivity contribution < 1.29 is 9.53 Å². The smallest absolute Gasteiger partial charge is 0.320 e. The highest BCUT2D eigenvalue weighted by molar-refractivity contribution is 5.74. The van der Waals surface area contributed by atoms with E-state index < -0.39 is 0 Å². The van der Waals surface area contributed by atoms with Gasteiger partial charge >= 0.3 is 6.03 Å². The van der Waals surface area contributed by atoms with Crippen molar-refractivity contribution in [3.05, 3.63) is 0 Å². The number of hydrogen-bond acceptors (Lipinski definition) is 3. The molecule has 2 amide bonds. The molecule has 0 radical (unpaired) electrons. The number of ether oxygens (including phenoxy) is 1. The Morgan fingerprint density at radius 3 is 2.65 bits per heavy atom. The van der Waals surface area contributed by atoms with E-state index >= 15 is 0 Å². The third-order valence-electron chi connectivity index (χ3n) is 4.14. The number of nitrogens with zero attached hydrogens (tertiary/aromatic N) is 3. The predicted molar refractivity (Wildman–Crippen MR) is 64.0 cm³/mol. The van der Waals surface area contributed by atoms with Crippen LogP contribution in [0.15, 0.2) is 0 Å². The second-order valence-electron chi connectivity index (χ2n) is 5.16. The largest absolute Gasteiger partial charge is 0.378 e. The second-order valence-corrected chi connectivity index (χ2v) is 5.16. The van der Waals surface area contributed by atoms with Gasteiger partial charge in [-0.05, 0) is 19.4 Å². The van der Waals surface area contributed by atoms with Crippen molar-refractivity contribution in [3.63, 3.8) is 0 Å². The third-order valence-corrected chi connectivity index (χ3v) is 4.14. The molecule has 1 unspecified atom stereocenters. The lowest BCUT2D eigenvalue weighted by molar-refractivity contribution is 0.0343. The Balaban J connectivity index is 1.58. The molecule has 1 atom stereocenters. The van der Waals surface area contributed by atoms with Crippen LogP contribution in [0.2, 0.25) is 0 Å². The van der Waals surface area contributed by atoms with Crippen LogP contribution in [0.1, 0.15) is 12.8 Å². The average Bonchev–Trinajstić information content (AvgIpc) is 2.86. The van der Waals surface area contributed by atoms with Crippen LogP contribution in [0.5, 0.6) is 0 Å². The van der Waals surface area contributed by atoms with Crippen molar-refractivity contribution in [2.45, 2.75) is 18.9 Å². The Bertz CT molecular complexity index is 291. The number of rotatable bonds is 0. The summed E-state index contributed by atoms with van der Waals surface area (Å²) < 4.78 is 5.29. The van der Waals surface area contributed by atoms with Crippen LogP contribution in [0.25, 0.3) is 0 Å². The Hall–Kier alpha value is -0.810. The van der Waals surface area contributed by atoms with E-state index in [4.69, 9.17) is 4.74 Å². The van der Waals surface area contributed by atoms with Gasteiger partial charge in [0, 0.05) is 38.8 Å². The van der Waals surface area contributed by atoms with Gasteiger partial charge in [-0.3, -0.25) is 4.90 Å². The maximum absolute atomic E-state index is 12.3. The van der Waals surface area contributed by atoms with Crippen LogP contribution < -0.4 is 0 Å². The Morgan fingerprint density at radius 1 is 1.00 bits per heavy atom. The number of morpholine rings is 1. The van der Waals surface area contributed by atoms with Crippen molar-refractivity contribution in [1.29, 1.82) is 0 Å². The van der Waals surface area contributed by atoms with E-state index in [-0.39, 0.29) is 6.03 Å². The predicted octanol–water partition coefficient (Wildman–Crippen LogP) is 0.219. The van der Waals surface area contributed by atoms with Crippen molar-refractivity contribution in [2.24, 2.45) is 0 Å². The Kier molecular flexibility index (Phi) is 3.20. The second kappa shape index (κ2) is 4.82. The van der Waals surface area contributed by atoms with Crippen molar-refractivity contribution in [1.82, 2.24) is 14.7 Å².